The van der Waals surface area contributed by atoms with Crippen LogP contribution in [0.3, 0.4) is 0 Å². The summed E-state index contributed by atoms with van der Waals surface area (Å²) in [4.78, 5) is 17.4. The first-order valence-corrected chi connectivity index (χ1v) is 9.15. The topological polar surface area (TPSA) is 116 Å². The number of hydrogen-bond acceptors (Lipinski definition) is 7. The number of aliphatic hydroxyl groups is 1. The van der Waals surface area contributed by atoms with E-state index in [0.29, 0.717) is 35.5 Å². The molecule has 164 valence electrons. The van der Waals surface area contributed by atoms with E-state index >= 15 is 0 Å². The molecule has 0 spiro atoms. The van der Waals surface area contributed by atoms with E-state index in [1.165, 1.54) is 16.8 Å². The Morgan fingerprint density at radius 1 is 1.26 bits per heavy atom. The molecule has 1 aromatic carbocycles. The highest BCUT2D eigenvalue weighted by Crippen LogP contribution is 2.35. The molecule has 3 heterocycles. The number of ether oxygens (including phenoxy) is 2. The molecule has 2 aromatic heterocycles. The van der Waals surface area contributed by atoms with E-state index in [4.69, 9.17) is 10.5 Å². The van der Waals surface area contributed by atoms with Crippen LogP contribution in [0.1, 0.15) is 12.6 Å². The molecule has 0 radical (unpaired) electrons. The summed E-state index contributed by atoms with van der Waals surface area (Å²) in [6.45, 7) is 2.26. The third kappa shape index (κ3) is 4.33. The summed E-state index contributed by atoms with van der Waals surface area (Å²) in [5.74, 6) is -0.374. The quantitative estimate of drug-likeness (QED) is 0.630. The standard InChI is InChI=1S/C19H18F3N5O4/c1-18(29)9-26(10-18)14-6-7-24-16-15(14)13(8-30-17(23)28)25-27(16)11-2-4-12(5-3-11)31-19(20,21)22/h2-7,29H,8-10H2,1H3,(H2,23,28). The highest BCUT2D eigenvalue weighted by molar-refractivity contribution is 5.93. The van der Waals surface area contributed by atoms with E-state index in [0.717, 1.165) is 17.8 Å². The van der Waals surface area contributed by atoms with Gasteiger partial charge in [0.2, 0.25) is 0 Å². The lowest BCUT2D eigenvalue weighted by atomic mass is 9.95. The fourth-order valence-corrected chi connectivity index (χ4v) is 3.52. The number of alkyl halides is 3. The number of aromatic nitrogens is 3. The van der Waals surface area contributed by atoms with Crippen LogP contribution in [0.2, 0.25) is 0 Å². The van der Waals surface area contributed by atoms with Gasteiger partial charge in [-0.25, -0.2) is 14.5 Å². The van der Waals surface area contributed by atoms with Crippen molar-refractivity contribution in [2.75, 3.05) is 18.0 Å². The van der Waals surface area contributed by atoms with Gasteiger partial charge >= 0.3 is 12.5 Å². The number of fused-ring (bicyclic) bond motifs is 1. The molecule has 1 amide bonds. The molecule has 0 aliphatic carbocycles. The SMILES string of the molecule is CC1(O)CN(c2ccnc3c2c(COC(N)=O)nn3-c2ccc(OC(F)(F)F)cc2)C1. The minimum atomic E-state index is -4.80. The minimum Gasteiger partial charge on any atom is -0.443 e. The Hall–Kier alpha value is -3.54. The molecular weight excluding hydrogens is 419 g/mol. The number of primary amides is 1. The predicted molar refractivity (Wildman–Crippen MR) is 103 cm³/mol. The molecule has 4 rings (SSSR count). The van der Waals surface area contributed by atoms with Crippen molar-refractivity contribution >= 4 is 22.8 Å². The molecule has 12 heteroatoms. The Morgan fingerprint density at radius 2 is 1.94 bits per heavy atom. The van der Waals surface area contributed by atoms with Gasteiger partial charge in [-0.05, 0) is 37.3 Å². The maximum absolute atomic E-state index is 12.4. The zero-order valence-electron chi connectivity index (χ0n) is 16.3. The van der Waals surface area contributed by atoms with Gasteiger partial charge in [0.25, 0.3) is 0 Å². The monoisotopic (exact) mass is 437 g/mol. The molecular formula is C19H18F3N5O4. The summed E-state index contributed by atoms with van der Waals surface area (Å²) in [5, 5.41) is 15.1. The second-order valence-electron chi connectivity index (χ2n) is 7.39. The van der Waals surface area contributed by atoms with Crippen molar-refractivity contribution in [3.63, 3.8) is 0 Å². The van der Waals surface area contributed by atoms with Crippen LogP contribution in [-0.2, 0) is 11.3 Å². The number of nitrogens with two attached hydrogens (primary N) is 1. The average Bonchev–Trinajstić information content (AvgIpc) is 3.03. The first-order chi connectivity index (χ1) is 14.5. The van der Waals surface area contributed by atoms with Crippen molar-refractivity contribution in [1.29, 1.82) is 0 Å². The molecule has 0 atom stereocenters. The van der Waals surface area contributed by atoms with Gasteiger partial charge < -0.3 is 25.2 Å². The highest BCUT2D eigenvalue weighted by Gasteiger charge is 2.38. The van der Waals surface area contributed by atoms with Crippen molar-refractivity contribution in [2.45, 2.75) is 25.5 Å². The van der Waals surface area contributed by atoms with E-state index in [-0.39, 0.29) is 12.4 Å². The molecule has 9 nitrogen and oxygen atoms in total. The summed E-state index contributed by atoms with van der Waals surface area (Å²) in [5.41, 5.74) is 6.16. The van der Waals surface area contributed by atoms with Crippen LogP contribution in [-0.4, -0.2) is 51.0 Å². The average molecular weight is 437 g/mol. The van der Waals surface area contributed by atoms with Gasteiger partial charge in [-0.2, -0.15) is 5.10 Å². The van der Waals surface area contributed by atoms with Crippen LogP contribution in [0.4, 0.5) is 23.7 Å². The van der Waals surface area contributed by atoms with E-state index in [9.17, 15) is 23.1 Å². The van der Waals surface area contributed by atoms with E-state index in [2.05, 4.69) is 14.8 Å². The normalized spacial score (nSPS) is 15.6. The van der Waals surface area contributed by atoms with Gasteiger partial charge in [0.15, 0.2) is 5.65 Å². The summed E-state index contributed by atoms with van der Waals surface area (Å²) in [6, 6.07) is 6.86. The highest BCUT2D eigenvalue weighted by atomic mass is 19.4. The van der Waals surface area contributed by atoms with Crippen LogP contribution in [0.25, 0.3) is 16.7 Å². The predicted octanol–water partition coefficient (Wildman–Crippen LogP) is 2.49. The number of carbonyl (C=O) groups is 1. The van der Waals surface area contributed by atoms with Crippen LogP contribution in [0.5, 0.6) is 5.75 Å². The first kappa shape index (κ1) is 20.7. The zero-order chi connectivity index (χ0) is 22.4. The Bertz CT molecular complexity index is 1120. The lowest BCUT2D eigenvalue weighted by Crippen LogP contribution is -2.60. The van der Waals surface area contributed by atoms with Crippen molar-refractivity contribution in [3.8, 4) is 11.4 Å². The maximum Gasteiger partial charge on any atom is 0.573 e. The lowest BCUT2D eigenvalue weighted by Gasteiger charge is -2.45. The summed E-state index contributed by atoms with van der Waals surface area (Å²) >= 11 is 0. The van der Waals surface area contributed by atoms with Gasteiger partial charge in [0, 0.05) is 19.3 Å². The number of carbonyl (C=O) groups excluding carboxylic acids is 1. The Kier molecular flexibility index (Phi) is 4.88. The summed E-state index contributed by atoms with van der Waals surface area (Å²) < 4.78 is 47.5. The number of β-amino-alcohol motifs (C(OH)–C–C–N with tert-alkyl or cyclic N) is 1. The van der Waals surface area contributed by atoms with Crippen LogP contribution < -0.4 is 15.4 Å². The van der Waals surface area contributed by atoms with Gasteiger partial charge in [0.05, 0.1) is 22.4 Å². The number of hydrogen-bond donors (Lipinski definition) is 2. The minimum absolute atomic E-state index is 0.225. The third-order valence-electron chi connectivity index (χ3n) is 4.69. The fraction of sp³-hybridized carbons (Fsp3) is 0.316. The number of halogens is 3. The van der Waals surface area contributed by atoms with Crippen molar-refractivity contribution in [1.82, 2.24) is 14.8 Å². The van der Waals surface area contributed by atoms with Gasteiger partial charge in [0.1, 0.15) is 18.1 Å². The van der Waals surface area contributed by atoms with Crippen LogP contribution >= 0.6 is 0 Å². The number of rotatable bonds is 5. The van der Waals surface area contributed by atoms with Crippen molar-refractivity contribution in [3.05, 3.63) is 42.2 Å². The molecule has 1 saturated heterocycles. The largest absolute Gasteiger partial charge is 0.573 e. The number of anilines is 1. The maximum atomic E-state index is 12.4. The Morgan fingerprint density at radius 3 is 2.52 bits per heavy atom. The second kappa shape index (κ2) is 7.30. The molecule has 1 fully saturated rings. The molecule has 1 aliphatic rings. The molecule has 3 aromatic rings. The summed E-state index contributed by atoms with van der Waals surface area (Å²) in [6.07, 6.45) is -4.22. The van der Waals surface area contributed by atoms with Gasteiger partial charge in [-0.15, -0.1) is 13.2 Å². The number of benzene rings is 1. The van der Waals surface area contributed by atoms with E-state index in [1.807, 2.05) is 4.90 Å². The molecule has 3 N–H and O–H groups in total. The van der Waals surface area contributed by atoms with E-state index in [1.54, 1.807) is 19.2 Å². The summed E-state index contributed by atoms with van der Waals surface area (Å²) in [7, 11) is 0. The smallest absolute Gasteiger partial charge is 0.443 e. The van der Waals surface area contributed by atoms with Crippen molar-refractivity contribution in [2.24, 2.45) is 5.73 Å². The Balaban J connectivity index is 1.76. The van der Waals surface area contributed by atoms with Crippen LogP contribution in [0.15, 0.2) is 36.5 Å². The molecule has 31 heavy (non-hydrogen) atoms. The van der Waals surface area contributed by atoms with Gasteiger partial charge in [-0.1, -0.05) is 0 Å². The van der Waals surface area contributed by atoms with Gasteiger partial charge in [-0.3, -0.25) is 0 Å². The molecule has 1 aliphatic heterocycles. The fourth-order valence-electron chi connectivity index (χ4n) is 3.52. The first-order valence-electron chi connectivity index (χ1n) is 9.15. The molecule has 0 saturated carbocycles. The zero-order valence-corrected chi connectivity index (χ0v) is 16.3. The second-order valence-corrected chi connectivity index (χ2v) is 7.39. The molecule has 0 unspecified atom stereocenters. The van der Waals surface area contributed by atoms with E-state index < -0.39 is 18.1 Å². The molecule has 0 bridgehead atoms. The number of amides is 1. The Labute approximate surface area is 173 Å². The number of pyridine rings is 1. The third-order valence-corrected chi connectivity index (χ3v) is 4.69. The number of nitrogens with zero attached hydrogens (tertiary/aromatic N) is 4. The van der Waals surface area contributed by atoms with Crippen molar-refractivity contribution < 1.29 is 32.5 Å². The lowest BCUT2D eigenvalue weighted by molar-refractivity contribution is -0.274. The van der Waals surface area contributed by atoms with Crippen LogP contribution in [0, 0.1) is 0 Å².